The number of nitrogens with zero attached hydrogens (tertiary/aromatic N) is 1. The highest BCUT2D eigenvalue weighted by atomic mass is 15.2. The van der Waals surface area contributed by atoms with Crippen molar-refractivity contribution < 1.29 is 0 Å². The van der Waals surface area contributed by atoms with Crippen LogP contribution in [0.4, 0.5) is 0 Å². The van der Waals surface area contributed by atoms with Crippen molar-refractivity contribution in [3.8, 4) is 0 Å². The number of nitrogens with one attached hydrogen (secondary N) is 1. The summed E-state index contributed by atoms with van der Waals surface area (Å²) in [6.45, 7) is 12.2. The largest absolute Gasteiger partial charge is 0.310 e. The minimum absolute atomic E-state index is 0.473. The maximum absolute atomic E-state index is 3.85. The Hall–Kier alpha value is -0.0800. The Balaban J connectivity index is 1.97. The lowest BCUT2D eigenvalue weighted by atomic mass is 9.88. The highest BCUT2D eigenvalue weighted by molar-refractivity contribution is 4.97. The zero-order valence-electron chi connectivity index (χ0n) is 12.0. The number of hydrogen-bond donors (Lipinski definition) is 1. The Morgan fingerprint density at radius 2 is 1.88 bits per heavy atom. The molecule has 0 amide bonds. The van der Waals surface area contributed by atoms with E-state index in [0.717, 1.165) is 0 Å². The van der Waals surface area contributed by atoms with Gasteiger partial charge in [0.2, 0.25) is 0 Å². The summed E-state index contributed by atoms with van der Waals surface area (Å²) in [5.41, 5.74) is 0.949. The molecule has 0 aromatic carbocycles. The second kappa shape index (κ2) is 5.27. The molecule has 1 aliphatic carbocycles. The molecule has 1 saturated heterocycles. The van der Waals surface area contributed by atoms with Crippen LogP contribution in [0.1, 0.15) is 59.3 Å². The van der Waals surface area contributed by atoms with E-state index < -0.39 is 0 Å². The molecule has 1 heterocycles. The molecular weight excluding hydrogens is 208 g/mol. The van der Waals surface area contributed by atoms with E-state index in [1.54, 1.807) is 0 Å². The Labute approximate surface area is 107 Å². The van der Waals surface area contributed by atoms with Crippen molar-refractivity contribution in [2.75, 3.05) is 26.2 Å². The molecule has 1 aliphatic heterocycles. The van der Waals surface area contributed by atoms with Crippen LogP contribution < -0.4 is 5.32 Å². The van der Waals surface area contributed by atoms with Gasteiger partial charge in [-0.25, -0.2) is 0 Å². The highest BCUT2D eigenvalue weighted by Crippen LogP contribution is 2.33. The highest BCUT2D eigenvalue weighted by Gasteiger charge is 2.37. The van der Waals surface area contributed by atoms with Gasteiger partial charge in [-0.1, -0.05) is 33.6 Å². The van der Waals surface area contributed by atoms with E-state index in [2.05, 4.69) is 31.0 Å². The van der Waals surface area contributed by atoms with Crippen LogP contribution in [-0.2, 0) is 0 Å². The number of rotatable bonds is 3. The third kappa shape index (κ3) is 3.45. The van der Waals surface area contributed by atoms with Gasteiger partial charge in [0.1, 0.15) is 0 Å². The van der Waals surface area contributed by atoms with E-state index in [-0.39, 0.29) is 0 Å². The van der Waals surface area contributed by atoms with Gasteiger partial charge in [-0.05, 0) is 44.2 Å². The van der Waals surface area contributed by atoms with Crippen LogP contribution in [0, 0.1) is 5.41 Å². The zero-order valence-corrected chi connectivity index (χ0v) is 12.0. The molecule has 2 heteroatoms. The first-order valence-corrected chi connectivity index (χ1v) is 7.53. The maximum atomic E-state index is 3.85. The molecule has 17 heavy (non-hydrogen) atoms. The Morgan fingerprint density at radius 3 is 2.53 bits per heavy atom. The molecule has 2 nitrogen and oxygen atoms in total. The van der Waals surface area contributed by atoms with Crippen molar-refractivity contribution in [3.05, 3.63) is 0 Å². The fraction of sp³-hybridized carbons (Fsp3) is 1.00. The lowest BCUT2D eigenvalue weighted by molar-refractivity contribution is 0.145. The second-order valence-electron chi connectivity index (χ2n) is 7.00. The molecule has 0 aromatic heterocycles. The van der Waals surface area contributed by atoms with Crippen molar-refractivity contribution in [2.24, 2.45) is 5.41 Å². The van der Waals surface area contributed by atoms with E-state index >= 15 is 0 Å². The molecule has 2 rings (SSSR count). The summed E-state index contributed by atoms with van der Waals surface area (Å²) in [6.07, 6.45) is 8.26. The monoisotopic (exact) mass is 238 g/mol. The lowest BCUT2D eigenvalue weighted by Crippen LogP contribution is -2.50. The quantitative estimate of drug-likeness (QED) is 0.813. The fourth-order valence-electron chi connectivity index (χ4n) is 3.46. The first-order valence-electron chi connectivity index (χ1n) is 7.53. The summed E-state index contributed by atoms with van der Waals surface area (Å²) in [5, 5.41) is 3.85. The second-order valence-corrected chi connectivity index (χ2v) is 7.00. The van der Waals surface area contributed by atoms with Crippen LogP contribution in [0.15, 0.2) is 0 Å². The van der Waals surface area contributed by atoms with Gasteiger partial charge < -0.3 is 10.2 Å². The van der Waals surface area contributed by atoms with Crippen molar-refractivity contribution in [2.45, 2.75) is 64.8 Å². The third-order valence-corrected chi connectivity index (χ3v) is 4.85. The van der Waals surface area contributed by atoms with Crippen molar-refractivity contribution >= 4 is 0 Å². The van der Waals surface area contributed by atoms with E-state index in [1.807, 2.05) is 0 Å². The molecule has 100 valence electrons. The minimum atomic E-state index is 0.473. The SMILES string of the molecule is CCC(C)(C)CN1CCCNC2(CCCC2)C1. The summed E-state index contributed by atoms with van der Waals surface area (Å²) < 4.78 is 0. The normalized spacial score (nSPS) is 26.3. The number of hydrogen-bond acceptors (Lipinski definition) is 2. The van der Waals surface area contributed by atoms with Crippen LogP contribution >= 0.6 is 0 Å². The third-order valence-electron chi connectivity index (χ3n) is 4.85. The van der Waals surface area contributed by atoms with Crippen LogP contribution in [0.25, 0.3) is 0 Å². The molecular formula is C15H30N2. The first-order chi connectivity index (χ1) is 8.05. The lowest BCUT2D eigenvalue weighted by Gasteiger charge is -2.37. The van der Waals surface area contributed by atoms with Crippen molar-refractivity contribution in [1.29, 1.82) is 0 Å². The van der Waals surface area contributed by atoms with E-state index in [1.165, 1.54) is 64.7 Å². The van der Waals surface area contributed by atoms with Crippen LogP contribution in [0.3, 0.4) is 0 Å². The molecule has 0 atom stereocenters. The first kappa shape index (κ1) is 13.4. The summed E-state index contributed by atoms with van der Waals surface area (Å²) in [7, 11) is 0. The standard InChI is InChI=1S/C15H30N2/c1-4-14(2,3)12-17-11-7-10-16-15(13-17)8-5-6-9-15/h16H,4-13H2,1-3H3. The van der Waals surface area contributed by atoms with Gasteiger partial charge in [-0.2, -0.15) is 0 Å². The van der Waals surface area contributed by atoms with Gasteiger partial charge in [-0.3, -0.25) is 0 Å². The average Bonchev–Trinajstić information content (AvgIpc) is 2.63. The van der Waals surface area contributed by atoms with Gasteiger partial charge >= 0.3 is 0 Å². The molecule has 0 aromatic rings. The molecule has 2 aliphatic rings. The van der Waals surface area contributed by atoms with Gasteiger partial charge in [0.25, 0.3) is 0 Å². The smallest absolute Gasteiger partial charge is 0.0308 e. The summed E-state index contributed by atoms with van der Waals surface area (Å²) in [6, 6.07) is 0. The van der Waals surface area contributed by atoms with Crippen molar-refractivity contribution in [3.63, 3.8) is 0 Å². The van der Waals surface area contributed by atoms with E-state index in [4.69, 9.17) is 0 Å². The molecule has 0 bridgehead atoms. The van der Waals surface area contributed by atoms with Crippen molar-refractivity contribution in [1.82, 2.24) is 10.2 Å². The molecule has 1 spiro atoms. The van der Waals surface area contributed by atoms with Crippen LogP contribution in [0.2, 0.25) is 0 Å². The van der Waals surface area contributed by atoms with Gasteiger partial charge in [0.15, 0.2) is 0 Å². The molecule has 2 fully saturated rings. The summed E-state index contributed by atoms with van der Waals surface area (Å²) >= 11 is 0. The van der Waals surface area contributed by atoms with E-state index in [0.29, 0.717) is 11.0 Å². The minimum Gasteiger partial charge on any atom is -0.310 e. The summed E-state index contributed by atoms with van der Waals surface area (Å²) in [4.78, 5) is 2.73. The summed E-state index contributed by atoms with van der Waals surface area (Å²) in [5.74, 6) is 0. The van der Waals surface area contributed by atoms with Crippen LogP contribution in [0.5, 0.6) is 0 Å². The zero-order chi connectivity index (χ0) is 12.4. The Morgan fingerprint density at radius 1 is 1.18 bits per heavy atom. The molecule has 0 radical (unpaired) electrons. The molecule has 0 unspecified atom stereocenters. The predicted molar refractivity (Wildman–Crippen MR) is 74.3 cm³/mol. The van der Waals surface area contributed by atoms with Gasteiger partial charge in [-0.15, -0.1) is 0 Å². The Kier molecular flexibility index (Phi) is 4.14. The Bertz CT molecular complexity index is 241. The van der Waals surface area contributed by atoms with E-state index in [9.17, 15) is 0 Å². The predicted octanol–water partition coefficient (Wildman–Crippen LogP) is 3.03. The van der Waals surface area contributed by atoms with Gasteiger partial charge in [0.05, 0.1) is 0 Å². The topological polar surface area (TPSA) is 15.3 Å². The maximum Gasteiger partial charge on any atom is 0.0308 e. The average molecular weight is 238 g/mol. The van der Waals surface area contributed by atoms with Crippen LogP contribution in [-0.4, -0.2) is 36.6 Å². The molecule has 1 saturated carbocycles. The molecule has 1 N–H and O–H groups in total. The fourth-order valence-corrected chi connectivity index (χ4v) is 3.46. The van der Waals surface area contributed by atoms with Gasteiger partial charge in [0, 0.05) is 18.6 Å².